The van der Waals surface area contributed by atoms with Crippen LogP contribution in [0.25, 0.3) is 11.0 Å². The minimum atomic E-state index is -0.311. The summed E-state index contributed by atoms with van der Waals surface area (Å²) in [5.41, 5.74) is 5.32. The summed E-state index contributed by atoms with van der Waals surface area (Å²) < 4.78 is 6.84. The molecule has 0 radical (unpaired) electrons. The van der Waals surface area contributed by atoms with Crippen LogP contribution in [0.15, 0.2) is 54.9 Å². The van der Waals surface area contributed by atoms with Gasteiger partial charge in [-0.15, -0.1) is 0 Å². The maximum atomic E-state index is 12.0. The van der Waals surface area contributed by atoms with Crippen molar-refractivity contribution in [3.05, 3.63) is 60.4 Å². The van der Waals surface area contributed by atoms with Crippen LogP contribution in [0, 0.1) is 0 Å². The number of nitrogens with one attached hydrogen (secondary N) is 2. The van der Waals surface area contributed by atoms with Crippen LogP contribution >= 0.6 is 0 Å². The summed E-state index contributed by atoms with van der Waals surface area (Å²) in [5.74, 6) is 0.746. The van der Waals surface area contributed by atoms with E-state index >= 15 is 0 Å². The van der Waals surface area contributed by atoms with Gasteiger partial charge in [-0.1, -0.05) is 30.3 Å². The van der Waals surface area contributed by atoms with E-state index in [1.54, 1.807) is 18.1 Å². The molecule has 0 aliphatic heterocycles. The van der Waals surface area contributed by atoms with Crippen LogP contribution in [-0.4, -0.2) is 22.8 Å². The van der Waals surface area contributed by atoms with Crippen molar-refractivity contribution in [1.29, 1.82) is 0 Å². The first-order chi connectivity index (χ1) is 10.8. The molecule has 2 N–H and O–H groups in total. The molecule has 0 saturated carbocycles. The number of rotatable bonds is 4. The average Bonchev–Trinajstić information content (AvgIpc) is 2.96. The Kier molecular flexibility index (Phi) is 3.91. The molecule has 3 aromatic rings. The highest BCUT2D eigenvalue weighted by Crippen LogP contribution is 2.16. The smallest absolute Gasteiger partial charge is 0.334 e. The predicted molar refractivity (Wildman–Crippen MR) is 84.3 cm³/mol. The molecule has 1 aromatic heterocycles. The van der Waals surface area contributed by atoms with Gasteiger partial charge in [0.1, 0.15) is 12.1 Å². The standard InChI is InChI=1S/C16H16N4O2/c1-22-15-9-5-2-6-12(15)10-17-16(21)19-20-11-18-13-7-3-4-8-14(13)20/h2-9,11H,10H2,1H3,(H2,17,19,21). The van der Waals surface area contributed by atoms with Gasteiger partial charge in [0.15, 0.2) is 0 Å². The van der Waals surface area contributed by atoms with E-state index in [9.17, 15) is 4.79 Å². The molecule has 3 rings (SSSR count). The Hall–Kier alpha value is -3.02. The van der Waals surface area contributed by atoms with E-state index in [1.165, 1.54) is 0 Å². The first kappa shape index (κ1) is 13.9. The van der Waals surface area contributed by atoms with Crippen molar-refractivity contribution in [2.75, 3.05) is 12.5 Å². The molecule has 0 aliphatic rings. The van der Waals surface area contributed by atoms with Crippen LogP contribution in [0.1, 0.15) is 5.56 Å². The number of methoxy groups -OCH3 is 1. The van der Waals surface area contributed by atoms with Crippen molar-refractivity contribution in [3.8, 4) is 5.75 Å². The summed E-state index contributed by atoms with van der Waals surface area (Å²) in [6.07, 6.45) is 1.58. The van der Waals surface area contributed by atoms with Crippen LogP contribution < -0.4 is 15.5 Å². The summed E-state index contributed by atoms with van der Waals surface area (Å²) in [5, 5.41) is 2.80. The zero-order valence-corrected chi connectivity index (χ0v) is 12.1. The van der Waals surface area contributed by atoms with Gasteiger partial charge in [-0.05, 0) is 18.2 Å². The minimum Gasteiger partial charge on any atom is -0.496 e. The van der Waals surface area contributed by atoms with Crippen molar-refractivity contribution in [1.82, 2.24) is 15.0 Å². The second-order valence-corrected chi connectivity index (χ2v) is 4.71. The van der Waals surface area contributed by atoms with Gasteiger partial charge in [-0.3, -0.25) is 0 Å². The molecule has 0 fully saturated rings. The largest absolute Gasteiger partial charge is 0.496 e. The van der Waals surface area contributed by atoms with Crippen molar-refractivity contribution >= 4 is 17.1 Å². The molecule has 0 atom stereocenters. The number of urea groups is 1. The Labute approximate surface area is 127 Å². The van der Waals surface area contributed by atoms with E-state index < -0.39 is 0 Å². The number of hydrogen-bond acceptors (Lipinski definition) is 3. The van der Waals surface area contributed by atoms with Gasteiger partial charge in [0.05, 0.1) is 18.1 Å². The highest BCUT2D eigenvalue weighted by atomic mass is 16.5. The Morgan fingerprint density at radius 2 is 1.95 bits per heavy atom. The van der Waals surface area contributed by atoms with E-state index in [0.29, 0.717) is 6.54 Å². The van der Waals surface area contributed by atoms with Gasteiger partial charge in [-0.2, -0.15) is 0 Å². The quantitative estimate of drug-likeness (QED) is 0.777. The number of benzene rings is 2. The molecule has 6 heteroatoms. The van der Waals surface area contributed by atoms with Crippen LogP contribution in [0.5, 0.6) is 5.75 Å². The third-order valence-electron chi connectivity index (χ3n) is 3.31. The van der Waals surface area contributed by atoms with Crippen LogP contribution in [-0.2, 0) is 6.54 Å². The molecule has 6 nitrogen and oxygen atoms in total. The summed E-state index contributed by atoms with van der Waals surface area (Å²) in [6.45, 7) is 0.377. The predicted octanol–water partition coefficient (Wildman–Crippen LogP) is 2.50. The molecule has 112 valence electrons. The summed E-state index contributed by atoms with van der Waals surface area (Å²) in [6, 6.07) is 14.8. The number of nitrogens with zero attached hydrogens (tertiary/aromatic N) is 2. The first-order valence-electron chi connectivity index (χ1n) is 6.87. The van der Waals surface area contributed by atoms with E-state index in [1.807, 2.05) is 48.5 Å². The summed E-state index contributed by atoms with van der Waals surface area (Å²) in [4.78, 5) is 16.2. The topological polar surface area (TPSA) is 68.2 Å². The van der Waals surface area contributed by atoms with Crippen LogP contribution in [0.2, 0.25) is 0 Å². The fraction of sp³-hybridized carbons (Fsp3) is 0.125. The normalized spacial score (nSPS) is 10.4. The Morgan fingerprint density at radius 3 is 2.82 bits per heavy atom. The lowest BCUT2D eigenvalue weighted by atomic mass is 10.2. The number of fused-ring (bicyclic) bond motifs is 1. The molecule has 0 aliphatic carbocycles. The number of amides is 2. The molecule has 2 aromatic carbocycles. The number of hydrogen-bond donors (Lipinski definition) is 2. The van der Waals surface area contributed by atoms with Crippen molar-refractivity contribution in [2.45, 2.75) is 6.54 Å². The van der Waals surface area contributed by atoms with Crippen molar-refractivity contribution in [2.24, 2.45) is 0 Å². The summed E-state index contributed by atoms with van der Waals surface area (Å²) in [7, 11) is 1.61. The van der Waals surface area contributed by atoms with Crippen LogP contribution in [0.4, 0.5) is 4.79 Å². The van der Waals surface area contributed by atoms with Gasteiger partial charge in [0.2, 0.25) is 0 Å². The molecular formula is C16H16N4O2. The number of aromatic nitrogens is 2. The summed E-state index contributed by atoms with van der Waals surface area (Å²) >= 11 is 0. The maximum absolute atomic E-state index is 12.0. The fourth-order valence-electron chi connectivity index (χ4n) is 2.22. The maximum Gasteiger partial charge on any atom is 0.334 e. The molecule has 0 saturated heterocycles. The molecule has 2 amide bonds. The lowest BCUT2D eigenvalue weighted by Gasteiger charge is -2.11. The van der Waals surface area contributed by atoms with Crippen molar-refractivity contribution in [3.63, 3.8) is 0 Å². The molecule has 0 bridgehead atoms. The van der Waals surface area contributed by atoms with E-state index in [2.05, 4.69) is 15.7 Å². The lowest BCUT2D eigenvalue weighted by molar-refractivity contribution is 0.249. The number of para-hydroxylation sites is 3. The Balaban J connectivity index is 1.65. The molecule has 0 unspecified atom stereocenters. The Morgan fingerprint density at radius 1 is 1.18 bits per heavy atom. The number of carbonyl (C=O) groups is 1. The number of imidazole rings is 1. The number of carbonyl (C=O) groups excluding carboxylic acids is 1. The van der Waals surface area contributed by atoms with Gasteiger partial charge in [0, 0.05) is 12.1 Å². The fourth-order valence-corrected chi connectivity index (χ4v) is 2.22. The molecular weight excluding hydrogens is 280 g/mol. The third-order valence-corrected chi connectivity index (χ3v) is 3.31. The number of ether oxygens (including phenoxy) is 1. The lowest BCUT2D eigenvalue weighted by Crippen LogP contribution is -2.33. The Bertz CT molecular complexity index is 797. The minimum absolute atomic E-state index is 0.311. The second kappa shape index (κ2) is 6.17. The van der Waals surface area contributed by atoms with Gasteiger partial charge < -0.3 is 10.1 Å². The van der Waals surface area contributed by atoms with Crippen LogP contribution in [0.3, 0.4) is 0 Å². The van der Waals surface area contributed by atoms with Gasteiger partial charge >= 0.3 is 6.03 Å². The molecule has 1 heterocycles. The van der Waals surface area contributed by atoms with E-state index in [4.69, 9.17) is 4.74 Å². The average molecular weight is 296 g/mol. The molecule has 0 spiro atoms. The van der Waals surface area contributed by atoms with E-state index in [-0.39, 0.29) is 6.03 Å². The van der Waals surface area contributed by atoms with Crippen molar-refractivity contribution < 1.29 is 9.53 Å². The van der Waals surface area contributed by atoms with Gasteiger partial charge in [0.25, 0.3) is 0 Å². The third kappa shape index (κ3) is 2.85. The highest BCUT2D eigenvalue weighted by Gasteiger charge is 2.07. The molecule has 22 heavy (non-hydrogen) atoms. The first-order valence-corrected chi connectivity index (χ1v) is 6.87. The second-order valence-electron chi connectivity index (χ2n) is 4.71. The monoisotopic (exact) mass is 296 g/mol. The van der Waals surface area contributed by atoms with Gasteiger partial charge in [-0.25, -0.2) is 19.9 Å². The zero-order chi connectivity index (χ0) is 15.4. The highest BCUT2D eigenvalue weighted by molar-refractivity contribution is 5.85. The zero-order valence-electron chi connectivity index (χ0n) is 12.1. The SMILES string of the molecule is COc1ccccc1CNC(=O)Nn1cnc2ccccc21. The van der Waals surface area contributed by atoms with E-state index in [0.717, 1.165) is 22.3 Å².